The SMILES string of the molecule is C/C=C(\C=C/CC)C(C)(C)C.C=C.CCC. The molecule has 0 nitrogen and oxygen atoms in total. The highest BCUT2D eigenvalue weighted by atomic mass is 14.2. The highest BCUT2D eigenvalue weighted by Crippen LogP contribution is 2.25. The van der Waals surface area contributed by atoms with Crippen molar-refractivity contribution in [1.29, 1.82) is 0 Å². The van der Waals surface area contributed by atoms with Gasteiger partial charge in [0, 0.05) is 0 Å². The second-order valence-electron chi connectivity index (χ2n) is 4.51. The molecule has 0 radical (unpaired) electrons. The first-order chi connectivity index (χ1) is 7.43. The Morgan fingerprint density at radius 3 is 1.62 bits per heavy atom. The molecule has 96 valence electrons. The van der Waals surface area contributed by atoms with E-state index in [1.165, 1.54) is 12.0 Å². The molecule has 0 heterocycles. The monoisotopic (exact) mass is 224 g/mol. The Bertz CT molecular complexity index is 177. The summed E-state index contributed by atoms with van der Waals surface area (Å²) in [7, 11) is 0. The van der Waals surface area contributed by atoms with Gasteiger partial charge in [0.2, 0.25) is 0 Å². The maximum Gasteiger partial charge on any atom is -0.0135 e. The standard InChI is InChI=1S/C11H20.C3H8.C2H4/c1-6-8-9-10(7-2)11(3,4)5;1-3-2;1-2/h7-9H,6H2,1-5H3;3H2,1-2H3;1-2H2/b9-8-,10-7+;;. The maximum atomic E-state index is 3.00. The Labute approximate surface area is 104 Å². The lowest BCUT2D eigenvalue weighted by Crippen LogP contribution is -2.06. The van der Waals surface area contributed by atoms with Crippen molar-refractivity contribution >= 4 is 0 Å². The van der Waals surface area contributed by atoms with Crippen molar-refractivity contribution in [3.05, 3.63) is 37.0 Å². The van der Waals surface area contributed by atoms with Gasteiger partial charge in [-0.2, -0.15) is 0 Å². The zero-order valence-corrected chi connectivity index (χ0v) is 12.6. The molecular weight excluding hydrogens is 192 g/mol. The summed E-state index contributed by atoms with van der Waals surface area (Å²) >= 11 is 0. The van der Waals surface area contributed by atoms with Gasteiger partial charge in [-0.1, -0.05) is 66.2 Å². The molecule has 0 aliphatic carbocycles. The van der Waals surface area contributed by atoms with Crippen LogP contribution < -0.4 is 0 Å². The number of allylic oxidation sites excluding steroid dienone is 4. The van der Waals surface area contributed by atoms with Crippen molar-refractivity contribution in [2.45, 2.75) is 61.3 Å². The molecule has 0 atom stereocenters. The summed E-state index contributed by atoms with van der Waals surface area (Å²) in [6.45, 7) is 21.2. The topological polar surface area (TPSA) is 0 Å². The molecule has 0 N–H and O–H groups in total. The van der Waals surface area contributed by atoms with Gasteiger partial charge in [0.1, 0.15) is 0 Å². The molecule has 0 aromatic carbocycles. The van der Waals surface area contributed by atoms with Crippen LogP contribution in [-0.2, 0) is 0 Å². The van der Waals surface area contributed by atoms with Crippen molar-refractivity contribution in [1.82, 2.24) is 0 Å². The van der Waals surface area contributed by atoms with Crippen LogP contribution in [0.15, 0.2) is 37.0 Å². The van der Waals surface area contributed by atoms with Gasteiger partial charge in [-0.3, -0.25) is 0 Å². The Morgan fingerprint density at radius 2 is 1.44 bits per heavy atom. The van der Waals surface area contributed by atoms with E-state index in [0.29, 0.717) is 5.41 Å². The lowest BCUT2D eigenvalue weighted by molar-refractivity contribution is 0.516. The molecule has 0 amide bonds. The van der Waals surface area contributed by atoms with E-state index in [0.717, 1.165) is 6.42 Å². The van der Waals surface area contributed by atoms with Crippen molar-refractivity contribution in [2.75, 3.05) is 0 Å². The van der Waals surface area contributed by atoms with Crippen LogP contribution in [0, 0.1) is 5.41 Å². The molecule has 0 aliphatic rings. The lowest BCUT2D eigenvalue weighted by atomic mass is 9.86. The summed E-state index contributed by atoms with van der Waals surface area (Å²) in [5, 5.41) is 0. The molecule has 0 heteroatoms. The van der Waals surface area contributed by atoms with Gasteiger partial charge in [0.25, 0.3) is 0 Å². The average Bonchev–Trinajstić information content (AvgIpc) is 2.21. The van der Waals surface area contributed by atoms with E-state index in [-0.39, 0.29) is 0 Å². The molecule has 0 saturated carbocycles. The van der Waals surface area contributed by atoms with Gasteiger partial charge in [-0.05, 0) is 24.3 Å². The predicted molar refractivity (Wildman–Crippen MR) is 79.9 cm³/mol. The smallest absolute Gasteiger partial charge is 0.0135 e. The third-order valence-corrected chi connectivity index (χ3v) is 1.71. The highest BCUT2D eigenvalue weighted by molar-refractivity contribution is 5.23. The van der Waals surface area contributed by atoms with Gasteiger partial charge >= 0.3 is 0 Å². The van der Waals surface area contributed by atoms with E-state index in [2.05, 4.69) is 79.9 Å². The summed E-state index contributed by atoms with van der Waals surface area (Å²) in [6.07, 6.45) is 8.99. The van der Waals surface area contributed by atoms with Crippen LogP contribution >= 0.6 is 0 Å². The number of rotatable bonds is 2. The fourth-order valence-electron chi connectivity index (χ4n) is 1.02. The zero-order valence-electron chi connectivity index (χ0n) is 12.6. The Hall–Kier alpha value is -0.780. The van der Waals surface area contributed by atoms with Crippen molar-refractivity contribution < 1.29 is 0 Å². The second kappa shape index (κ2) is 14.2. The van der Waals surface area contributed by atoms with Gasteiger partial charge in [0.05, 0.1) is 0 Å². The highest BCUT2D eigenvalue weighted by Gasteiger charge is 2.12. The van der Waals surface area contributed by atoms with E-state index >= 15 is 0 Å². The summed E-state index contributed by atoms with van der Waals surface area (Å²) < 4.78 is 0. The molecule has 16 heavy (non-hydrogen) atoms. The zero-order chi connectivity index (χ0) is 13.6. The van der Waals surface area contributed by atoms with Crippen molar-refractivity contribution in [3.8, 4) is 0 Å². The normalized spacial score (nSPS) is 11.3. The van der Waals surface area contributed by atoms with Crippen LogP contribution in [-0.4, -0.2) is 0 Å². The molecule has 0 aromatic heterocycles. The largest absolute Gasteiger partial charge is 0.106 e. The Kier molecular flexibility index (Phi) is 18.3. The van der Waals surface area contributed by atoms with Gasteiger partial charge in [-0.15, -0.1) is 13.2 Å². The summed E-state index contributed by atoms with van der Waals surface area (Å²) in [5.74, 6) is 0. The molecule has 0 aliphatic heterocycles. The minimum Gasteiger partial charge on any atom is -0.106 e. The second-order valence-corrected chi connectivity index (χ2v) is 4.51. The molecular formula is C16H32. The fraction of sp³-hybridized carbons (Fsp3) is 0.625. The van der Waals surface area contributed by atoms with Crippen LogP contribution in [0.1, 0.15) is 61.3 Å². The van der Waals surface area contributed by atoms with E-state index < -0.39 is 0 Å². The van der Waals surface area contributed by atoms with Crippen LogP contribution in [0.2, 0.25) is 0 Å². The molecule has 0 fully saturated rings. The van der Waals surface area contributed by atoms with E-state index in [9.17, 15) is 0 Å². The first-order valence-corrected chi connectivity index (χ1v) is 6.27. The van der Waals surface area contributed by atoms with Crippen LogP contribution in [0.3, 0.4) is 0 Å². The van der Waals surface area contributed by atoms with Crippen LogP contribution in [0.5, 0.6) is 0 Å². The lowest BCUT2D eigenvalue weighted by Gasteiger charge is -2.19. The molecule has 0 unspecified atom stereocenters. The summed E-state index contributed by atoms with van der Waals surface area (Å²) in [5.41, 5.74) is 1.71. The molecule has 0 aromatic rings. The number of hydrogen-bond donors (Lipinski definition) is 0. The molecule has 0 rings (SSSR count). The molecule has 0 saturated heterocycles. The summed E-state index contributed by atoms with van der Waals surface area (Å²) in [4.78, 5) is 0. The third kappa shape index (κ3) is 15.7. The first kappa shape index (κ1) is 20.6. The predicted octanol–water partition coefficient (Wildman–Crippen LogP) is 6.16. The average molecular weight is 224 g/mol. The minimum atomic E-state index is 0.292. The maximum absolute atomic E-state index is 3.00. The van der Waals surface area contributed by atoms with Crippen LogP contribution in [0.4, 0.5) is 0 Å². The first-order valence-electron chi connectivity index (χ1n) is 6.27. The van der Waals surface area contributed by atoms with E-state index in [1.54, 1.807) is 0 Å². The fourth-order valence-corrected chi connectivity index (χ4v) is 1.02. The van der Waals surface area contributed by atoms with E-state index in [1.807, 2.05) is 0 Å². The Morgan fingerprint density at radius 1 is 1.06 bits per heavy atom. The van der Waals surface area contributed by atoms with Gasteiger partial charge in [-0.25, -0.2) is 0 Å². The van der Waals surface area contributed by atoms with Gasteiger partial charge in [0.15, 0.2) is 0 Å². The minimum absolute atomic E-state index is 0.292. The number of hydrogen-bond acceptors (Lipinski definition) is 0. The van der Waals surface area contributed by atoms with Crippen molar-refractivity contribution in [3.63, 3.8) is 0 Å². The van der Waals surface area contributed by atoms with E-state index in [4.69, 9.17) is 0 Å². The third-order valence-electron chi connectivity index (χ3n) is 1.71. The summed E-state index contributed by atoms with van der Waals surface area (Å²) in [6, 6.07) is 0. The molecule has 0 bridgehead atoms. The Balaban J connectivity index is -0.000000289. The van der Waals surface area contributed by atoms with Crippen molar-refractivity contribution in [2.24, 2.45) is 5.41 Å². The molecule has 0 spiro atoms. The van der Waals surface area contributed by atoms with Crippen LogP contribution in [0.25, 0.3) is 0 Å². The quantitative estimate of drug-likeness (QED) is 0.389. The van der Waals surface area contributed by atoms with Gasteiger partial charge < -0.3 is 0 Å².